The van der Waals surface area contributed by atoms with Gasteiger partial charge in [0.15, 0.2) is 0 Å². The van der Waals surface area contributed by atoms with Crippen molar-refractivity contribution in [1.82, 2.24) is 30.7 Å². The fourth-order valence-electron chi connectivity index (χ4n) is 2.14. The zero-order chi connectivity index (χ0) is 16.5. The maximum atomic E-state index is 4.88. The first-order valence-corrected chi connectivity index (χ1v) is 8.87. The van der Waals surface area contributed by atoms with E-state index in [4.69, 9.17) is 49.7 Å². The van der Waals surface area contributed by atoms with E-state index in [1.54, 1.807) is 0 Å². The molecule has 0 unspecified atom stereocenters. The first-order chi connectivity index (χ1) is 10.4. The van der Waals surface area contributed by atoms with Crippen LogP contribution in [0, 0.1) is 0 Å². The molecular formula is C12H24N6NiS4. The molecule has 0 bridgehead atoms. The van der Waals surface area contributed by atoms with Crippen molar-refractivity contribution in [3.05, 3.63) is 0 Å². The molecule has 2 rings (SSSR count). The van der Waals surface area contributed by atoms with E-state index >= 15 is 0 Å². The molecule has 2 aliphatic rings. The van der Waals surface area contributed by atoms with E-state index in [9.17, 15) is 0 Å². The summed E-state index contributed by atoms with van der Waals surface area (Å²) in [5.74, 6) is 0. The van der Waals surface area contributed by atoms with Gasteiger partial charge in [0.25, 0.3) is 0 Å². The average Bonchev–Trinajstić information content (AvgIpc) is 2.55. The van der Waals surface area contributed by atoms with Crippen molar-refractivity contribution in [3.8, 4) is 0 Å². The topological polar surface area (TPSA) is 37.0 Å². The monoisotopic (exact) mass is 438 g/mol. The van der Waals surface area contributed by atoms with E-state index in [0.29, 0.717) is 8.64 Å². The van der Waals surface area contributed by atoms with Crippen LogP contribution in [0.15, 0.2) is 0 Å². The Morgan fingerprint density at radius 2 is 1.04 bits per heavy atom. The van der Waals surface area contributed by atoms with Gasteiger partial charge in [0.05, 0.1) is 0 Å². The third-order valence-electron chi connectivity index (χ3n) is 3.56. The SMILES string of the molecule is CN(C(=S)[S-])N1CCNCC1.CN(C(=S)[S-])N1CCNCC1.[Ni+2]. The number of hydrazine groups is 2. The second-order valence-corrected chi connectivity index (χ2v) is 7.05. The molecular weight excluding hydrogens is 415 g/mol. The van der Waals surface area contributed by atoms with Crippen molar-refractivity contribution in [2.75, 3.05) is 66.5 Å². The minimum absolute atomic E-state index is 0. The van der Waals surface area contributed by atoms with E-state index in [2.05, 4.69) is 20.7 Å². The van der Waals surface area contributed by atoms with E-state index in [1.807, 2.05) is 24.1 Å². The molecule has 6 nitrogen and oxygen atoms in total. The molecule has 136 valence electrons. The van der Waals surface area contributed by atoms with Gasteiger partial charge in [-0.25, -0.2) is 10.0 Å². The smallest absolute Gasteiger partial charge is 0.410 e. The predicted octanol–water partition coefficient (Wildman–Crippen LogP) is -0.862. The van der Waals surface area contributed by atoms with Crippen LogP contribution in [-0.4, -0.2) is 95.1 Å². The van der Waals surface area contributed by atoms with Crippen molar-refractivity contribution in [2.45, 2.75) is 0 Å². The summed E-state index contributed by atoms with van der Waals surface area (Å²) in [4.78, 5) is 0. The molecule has 0 aromatic rings. The van der Waals surface area contributed by atoms with Gasteiger partial charge in [-0.05, 0) is 8.64 Å². The molecule has 2 heterocycles. The van der Waals surface area contributed by atoms with Crippen LogP contribution in [-0.2, 0) is 41.7 Å². The Balaban J connectivity index is 0.000000403. The molecule has 0 saturated carbocycles. The fourth-order valence-corrected chi connectivity index (χ4v) is 2.60. The van der Waals surface area contributed by atoms with Crippen molar-refractivity contribution in [2.24, 2.45) is 0 Å². The number of nitrogens with zero attached hydrogens (tertiary/aromatic N) is 4. The number of rotatable bonds is 2. The Morgan fingerprint density at radius 1 is 0.783 bits per heavy atom. The molecule has 0 spiro atoms. The van der Waals surface area contributed by atoms with Gasteiger partial charge < -0.3 is 70.3 Å². The zero-order valence-electron chi connectivity index (χ0n) is 13.4. The summed E-state index contributed by atoms with van der Waals surface area (Å²) in [5.41, 5.74) is 0. The number of thiocarbonyl (C=S) groups is 2. The van der Waals surface area contributed by atoms with E-state index in [0.717, 1.165) is 52.4 Å². The summed E-state index contributed by atoms with van der Waals surface area (Å²) >= 11 is 19.5. The van der Waals surface area contributed by atoms with Crippen LogP contribution in [0.25, 0.3) is 0 Å². The van der Waals surface area contributed by atoms with Crippen LogP contribution in [0.5, 0.6) is 0 Å². The third-order valence-corrected chi connectivity index (χ3v) is 4.62. The van der Waals surface area contributed by atoms with Crippen molar-refractivity contribution >= 4 is 58.3 Å². The molecule has 0 aliphatic carbocycles. The van der Waals surface area contributed by atoms with Gasteiger partial charge in [0.2, 0.25) is 0 Å². The molecule has 2 N–H and O–H groups in total. The largest absolute Gasteiger partial charge is 2.00 e. The van der Waals surface area contributed by atoms with Gasteiger partial charge >= 0.3 is 16.5 Å². The average molecular weight is 439 g/mol. The van der Waals surface area contributed by atoms with E-state index in [1.165, 1.54) is 0 Å². The molecule has 0 radical (unpaired) electrons. The summed E-state index contributed by atoms with van der Waals surface area (Å²) in [6, 6.07) is 0. The van der Waals surface area contributed by atoms with Crippen LogP contribution < -0.4 is 10.6 Å². The maximum Gasteiger partial charge on any atom is 2.00 e. The number of nitrogens with one attached hydrogen (secondary N) is 2. The Hall–Kier alpha value is 0.554. The van der Waals surface area contributed by atoms with Gasteiger partial charge in [0, 0.05) is 66.5 Å². The van der Waals surface area contributed by atoms with Gasteiger partial charge in [-0.3, -0.25) is 0 Å². The van der Waals surface area contributed by atoms with Gasteiger partial charge in [-0.2, -0.15) is 0 Å². The Bertz CT molecular complexity index is 329. The first-order valence-electron chi connectivity index (χ1n) is 7.24. The third kappa shape index (κ3) is 8.99. The summed E-state index contributed by atoms with van der Waals surface area (Å²) in [5, 5.41) is 14.6. The first kappa shape index (κ1) is 23.6. The Labute approximate surface area is 171 Å². The van der Waals surface area contributed by atoms with Crippen LogP contribution in [0.4, 0.5) is 0 Å². The normalized spacial score (nSPS) is 18.9. The van der Waals surface area contributed by atoms with Crippen molar-refractivity contribution in [3.63, 3.8) is 0 Å². The molecule has 23 heavy (non-hydrogen) atoms. The minimum atomic E-state index is 0. The Morgan fingerprint density at radius 3 is 1.26 bits per heavy atom. The van der Waals surface area contributed by atoms with E-state index in [-0.39, 0.29) is 16.5 Å². The Kier molecular flexibility index (Phi) is 13.2. The minimum Gasteiger partial charge on any atom is -0.410 e. The van der Waals surface area contributed by atoms with Crippen LogP contribution in [0.2, 0.25) is 0 Å². The maximum absolute atomic E-state index is 4.88. The second kappa shape index (κ2) is 12.9. The predicted molar refractivity (Wildman–Crippen MR) is 104 cm³/mol. The number of hydrogen-bond acceptors (Lipinski definition) is 8. The van der Waals surface area contributed by atoms with Crippen LogP contribution in [0.3, 0.4) is 0 Å². The van der Waals surface area contributed by atoms with Gasteiger partial charge in [-0.15, -0.1) is 0 Å². The molecule has 0 aromatic carbocycles. The molecule has 2 saturated heterocycles. The summed E-state index contributed by atoms with van der Waals surface area (Å²) in [6.07, 6.45) is 0. The van der Waals surface area contributed by atoms with Crippen LogP contribution >= 0.6 is 24.4 Å². The number of piperazine rings is 2. The van der Waals surface area contributed by atoms with Crippen molar-refractivity contribution in [1.29, 1.82) is 0 Å². The standard InChI is InChI=1S/2C6H13N3S2.Ni/c2*1-8(6(10)11)9-4-2-7-3-5-9;/h2*7H,2-5H2,1H3,(H,10,11);/q;;+2/p-2. The van der Waals surface area contributed by atoms with Crippen molar-refractivity contribution < 1.29 is 16.5 Å². The second-order valence-electron chi connectivity index (χ2n) is 4.99. The molecule has 11 heteroatoms. The summed E-state index contributed by atoms with van der Waals surface area (Å²) in [6.45, 7) is 8.04. The molecule has 0 atom stereocenters. The fraction of sp³-hybridized carbons (Fsp3) is 0.833. The molecule has 0 aromatic heterocycles. The quantitative estimate of drug-likeness (QED) is 0.323. The zero-order valence-corrected chi connectivity index (χ0v) is 17.6. The molecule has 2 fully saturated rings. The number of hydrogen-bond donors (Lipinski definition) is 2. The van der Waals surface area contributed by atoms with Gasteiger partial charge in [-0.1, -0.05) is 0 Å². The summed E-state index contributed by atoms with van der Waals surface area (Å²) < 4.78 is 1.04. The molecule has 2 aliphatic heterocycles. The summed E-state index contributed by atoms with van der Waals surface area (Å²) in [7, 11) is 3.83. The van der Waals surface area contributed by atoms with Crippen LogP contribution in [0.1, 0.15) is 0 Å². The molecule has 0 amide bonds. The van der Waals surface area contributed by atoms with Gasteiger partial charge in [0.1, 0.15) is 0 Å². The van der Waals surface area contributed by atoms with E-state index < -0.39 is 0 Å².